The van der Waals surface area contributed by atoms with Crippen molar-refractivity contribution in [2.45, 2.75) is 13.0 Å². The van der Waals surface area contributed by atoms with Crippen molar-refractivity contribution in [2.75, 3.05) is 12.4 Å². The fraction of sp³-hybridized carbons (Fsp3) is 0.188. The zero-order chi connectivity index (χ0) is 15.4. The van der Waals surface area contributed by atoms with E-state index in [2.05, 4.69) is 5.32 Å². The summed E-state index contributed by atoms with van der Waals surface area (Å²) in [5, 5.41) is 3.26. The molecule has 1 N–H and O–H groups in total. The summed E-state index contributed by atoms with van der Waals surface area (Å²) in [7, 11) is 1.26. The maximum atomic E-state index is 14.0. The second-order valence-electron chi connectivity index (χ2n) is 4.64. The predicted molar refractivity (Wildman–Crippen MR) is 81.0 cm³/mol. The van der Waals surface area contributed by atoms with E-state index in [0.717, 1.165) is 5.56 Å². The smallest absolute Gasteiger partial charge is 0.333 e. The van der Waals surface area contributed by atoms with Gasteiger partial charge in [-0.25, -0.2) is 9.18 Å². The Kier molecular flexibility index (Phi) is 4.81. The number of hydrogen-bond acceptors (Lipinski definition) is 3. The molecule has 0 saturated carbocycles. The Labute approximate surface area is 127 Å². The molecule has 21 heavy (non-hydrogen) atoms. The fourth-order valence-electron chi connectivity index (χ4n) is 2.02. The average molecular weight is 308 g/mol. The van der Waals surface area contributed by atoms with Gasteiger partial charge in [0.05, 0.1) is 7.11 Å². The molecule has 0 aliphatic heterocycles. The topological polar surface area (TPSA) is 38.3 Å². The van der Waals surface area contributed by atoms with Crippen LogP contribution in [0.15, 0.2) is 42.5 Å². The number of ether oxygens (including phenoxy) is 1. The molecule has 0 radical (unpaired) electrons. The quantitative estimate of drug-likeness (QED) is 0.864. The molecule has 0 aliphatic rings. The van der Waals surface area contributed by atoms with Crippen LogP contribution in [-0.4, -0.2) is 13.1 Å². The minimum Gasteiger partial charge on any atom is -0.467 e. The largest absolute Gasteiger partial charge is 0.467 e. The number of nitrogens with one attached hydrogen (secondary N) is 1. The summed E-state index contributed by atoms with van der Waals surface area (Å²) < 4.78 is 18.8. The van der Waals surface area contributed by atoms with E-state index >= 15 is 0 Å². The lowest BCUT2D eigenvalue weighted by Gasteiger charge is -2.19. The van der Waals surface area contributed by atoms with E-state index in [1.165, 1.54) is 25.3 Å². The molecule has 0 saturated heterocycles. The van der Waals surface area contributed by atoms with Crippen LogP contribution in [0.5, 0.6) is 0 Å². The Hall–Kier alpha value is -2.07. The highest BCUT2D eigenvalue weighted by atomic mass is 35.5. The van der Waals surface area contributed by atoms with Gasteiger partial charge in [0.2, 0.25) is 0 Å². The Morgan fingerprint density at radius 3 is 2.67 bits per heavy atom. The van der Waals surface area contributed by atoms with E-state index in [-0.39, 0.29) is 10.6 Å². The van der Waals surface area contributed by atoms with Gasteiger partial charge in [-0.05, 0) is 36.8 Å². The molecular formula is C16H15ClFNO2. The van der Waals surface area contributed by atoms with E-state index in [1.807, 2.05) is 25.1 Å². The number of esters is 1. The number of anilines is 1. The molecule has 0 amide bonds. The molecule has 5 heteroatoms. The molecule has 3 nitrogen and oxygen atoms in total. The lowest BCUT2D eigenvalue weighted by molar-refractivity contribution is -0.141. The molecule has 110 valence electrons. The lowest BCUT2D eigenvalue weighted by Crippen LogP contribution is -2.23. The van der Waals surface area contributed by atoms with Gasteiger partial charge in [-0.15, -0.1) is 0 Å². The third-order valence-electron chi connectivity index (χ3n) is 3.04. The molecule has 2 rings (SSSR count). The van der Waals surface area contributed by atoms with Crippen LogP contribution in [0.1, 0.15) is 17.2 Å². The van der Waals surface area contributed by atoms with Crippen LogP contribution in [0.3, 0.4) is 0 Å². The summed E-state index contributed by atoms with van der Waals surface area (Å²) in [5.74, 6) is -1.13. The van der Waals surface area contributed by atoms with Crippen LogP contribution >= 0.6 is 11.6 Å². The van der Waals surface area contributed by atoms with E-state index in [0.29, 0.717) is 5.69 Å². The first-order valence-corrected chi connectivity index (χ1v) is 6.75. The molecule has 0 bridgehead atoms. The number of carbonyl (C=O) groups excluding carboxylic acids is 1. The second-order valence-corrected chi connectivity index (χ2v) is 5.07. The Bertz CT molecular complexity index is 660. The number of aryl methyl sites for hydroxylation is 1. The third-order valence-corrected chi connectivity index (χ3v) is 3.27. The van der Waals surface area contributed by atoms with Crippen molar-refractivity contribution < 1.29 is 13.9 Å². The molecular weight excluding hydrogens is 293 g/mol. The highest BCUT2D eigenvalue weighted by molar-refractivity contribution is 6.30. The molecule has 0 fully saturated rings. The van der Waals surface area contributed by atoms with Crippen molar-refractivity contribution in [1.29, 1.82) is 0 Å². The number of hydrogen-bond donors (Lipinski definition) is 1. The van der Waals surface area contributed by atoms with Crippen molar-refractivity contribution in [3.63, 3.8) is 0 Å². The molecule has 1 atom stereocenters. The van der Waals surface area contributed by atoms with E-state index in [4.69, 9.17) is 16.3 Å². The van der Waals surface area contributed by atoms with Crippen molar-refractivity contribution in [3.05, 3.63) is 64.4 Å². The van der Waals surface area contributed by atoms with Crippen LogP contribution in [0.25, 0.3) is 0 Å². The first kappa shape index (κ1) is 15.3. The highest BCUT2D eigenvalue weighted by Gasteiger charge is 2.24. The predicted octanol–water partition coefficient (Wildman–Crippen LogP) is 4.11. The second kappa shape index (κ2) is 6.59. The van der Waals surface area contributed by atoms with Gasteiger partial charge in [0.25, 0.3) is 0 Å². The van der Waals surface area contributed by atoms with Gasteiger partial charge in [-0.2, -0.15) is 0 Å². The fourth-order valence-corrected chi connectivity index (χ4v) is 2.18. The van der Waals surface area contributed by atoms with Crippen LogP contribution < -0.4 is 5.32 Å². The highest BCUT2D eigenvalue weighted by Crippen LogP contribution is 2.25. The van der Waals surface area contributed by atoms with Crippen molar-refractivity contribution in [1.82, 2.24) is 0 Å². The normalized spacial score (nSPS) is 11.8. The molecule has 2 aromatic rings. The summed E-state index contributed by atoms with van der Waals surface area (Å²) >= 11 is 5.74. The van der Waals surface area contributed by atoms with Crippen molar-refractivity contribution in [2.24, 2.45) is 0 Å². The minimum absolute atomic E-state index is 0.188. The van der Waals surface area contributed by atoms with E-state index in [9.17, 15) is 9.18 Å². The first-order valence-electron chi connectivity index (χ1n) is 6.37. The van der Waals surface area contributed by atoms with E-state index in [1.54, 1.807) is 6.07 Å². The summed E-state index contributed by atoms with van der Waals surface area (Å²) in [6, 6.07) is 10.7. The maximum Gasteiger partial charge on any atom is 0.333 e. The van der Waals surface area contributed by atoms with Crippen LogP contribution in [0, 0.1) is 12.7 Å². The molecule has 2 aromatic carbocycles. The SMILES string of the molecule is COC(=O)C(Nc1cccc(C)c1)c1ccc(Cl)cc1F. The van der Waals surface area contributed by atoms with Crippen molar-refractivity contribution >= 4 is 23.3 Å². The lowest BCUT2D eigenvalue weighted by atomic mass is 10.1. The Morgan fingerprint density at radius 1 is 1.29 bits per heavy atom. The van der Waals surface area contributed by atoms with Gasteiger partial charge in [0.1, 0.15) is 5.82 Å². The summed E-state index contributed by atoms with van der Waals surface area (Å²) in [6.07, 6.45) is 0. The van der Waals surface area contributed by atoms with Crippen LogP contribution in [-0.2, 0) is 9.53 Å². The zero-order valence-corrected chi connectivity index (χ0v) is 12.4. The van der Waals surface area contributed by atoms with Crippen LogP contribution in [0.2, 0.25) is 5.02 Å². The molecule has 1 unspecified atom stereocenters. The van der Waals surface area contributed by atoms with Gasteiger partial charge in [-0.3, -0.25) is 0 Å². The van der Waals surface area contributed by atoms with Crippen LogP contribution in [0.4, 0.5) is 10.1 Å². The van der Waals surface area contributed by atoms with Gasteiger partial charge in [-0.1, -0.05) is 29.8 Å². The van der Waals surface area contributed by atoms with Gasteiger partial charge >= 0.3 is 5.97 Å². The number of rotatable bonds is 4. The standard InChI is InChI=1S/C16H15ClFNO2/c1-10-4-3-5-12(8-10)19-15(16(20)21-2)13-7-6-11(17)9-14(13)18/h3-9,15,19H,1-2H3. The van der Waals surface area contributed by atoms with Crippen molar-refractivity contribution in [3.8, 4) is 0 Å². The monoisotopic (exact) mass is 307 g/mol. The Balaban J connectivity index is 2.37. The number of benzene rings is 2. The summed E-state index contributed by atoms with van der Waals surface area (Å²) in [6.45, 7) is 1.93. The first-order chi connectivity index (χ1) is 10.0. The van der Waals surface area contributed by atoms with E-state index < -0.39 is 17.8 Å². The number of carbonyl (C=O) groups is 1. The number of methoxy groups -OCH3 is 1. The summed E-state index contributed by atoms with van der Waals surface area (Å²) in [4.78, 5) is 12.0. The van der Waals surface area contributed by atoms with Gasteiger partial charge in [0, 0.05) is 16.3 Å². The molecule has 0 aromatic heterocycles. The zero-order valence-electron chi connectivity index (χ0n) is 11.7. The molecule has 0 heterocycles. The minimum atomic E-state index is -0.936. The molecule has 0 spiro atoms. The average Bonchev–Trinajstić information content (AvgIpc) is 2.45. The third kappa shape index (κ3) is 3.73. The van der Waals surface area contributed by atoms with Gasteiger partial charge in [0.15, 0.2) is 6.04 Å². The Morgan fingerprint density at radius 2 is 2.05 bits per heavy atom. The maximum absolute atomic E-state index is 14.0. The number of halogens is 2. The van der Waals surface area contributed by atoms with Gasteiger partial charge < -0.3 is 10.1 Å². The molecule has 0 aliphatic carbocycles. The summed E-state index contributed by atoms with van der Waals surface area (Å²) in [5.41, 5.74) is 1.92.